The third-order valence-corrected chi connectivity index (χ3v) is 2.82. The number of rotatable bonds is 5. The van der Waals surface area contributed by atoms with E-state index in [-0.39, 0.29) is 0 Å². The first-order valence-electron chi connectivity index (χ1n) is 6.16. The molecule has 0 aliphatic carbocycles. The van der Waals surface area contributed by atoms with Gasteiger partial charge in [0.1, 0.15) is 5.75 Å². The summed E-state index contributed by atoms with van der Waals surface area (Å²) < 4.78 is 11.1. The van der Waals surface area contributed by atoms with E-state index < -0.39 is 0 Å². The van der Waals surface area contributed by atoms with Crippen molar-refractivity contribution in [2.45, 2.75) is 6.42 Å². The van der Waals surface area contributed by atoms with Crippen LogP contribution in [-0.4, -0.2) is 39.5 Å². The third kappa shape index (κ3) is 3.35. The molecule has 2 N–H and O–H groups in total. The first-order valence-corrected chi connectivity index (χ1v) is 6.16. The highest BCUT2D eigenvalue weighted by Gasteiger charge is 2.14. The molecule has 0 spiro atoms. The normalized spacial score (nSPS) is 15.9. The van der Waals surface area contributed by atoms with E-state index in [1.165, 1.54) is 0 Å². The number of benzene rings is 1. The quantitative estimate of drug-likeness (QED) is 0.782. The van der Waals surface area contributed by atoms with Crippen molar-refractivity contribution in [2.75, 3.05) is 44.4 Å². The Morgan fingerprint density at radius 2 is 2.00 bits per heavy atom. The maximum absolute atomic E-state index is 5.77. The first-order chi connectivity index (χ1) is 8.42. The summed E-state index contributed by atoms with van der Waals surface area (Å²) >= 11 is 0. The molecule has 1 aromatic rings. The van der Waals surface area contributed by atoms with Gasteiger partial charge in [0.25, 0.3) is 0 Å². The zero-order valence-electron chi connectivity index (χ0n) is 10.1. The summed E-state index contributed by atoms with van der Waals surface area (Å²) in [5.41, 5.74) is 6.63. The second-order valence-corrected chi connectivity index (χ2v) is 4.06. The van der Waals surface area contributed by atoms with Gasteiger partial charge >= 0.3 is 0 Å². The van der Waals surface area contributed by atoms with Crippen molar-refractivity contribution in [3.05, 3.63) is 24.3 Å². The number of nitrogens with zero attached hydrogens (tertiary/aromatic N) is 1. The van der Waals surface area contributed by atoms with E-state index in [2.05, 4.69) is 11.0 Å². The Labute approximate surface area is 102 Å². The van der Waals surface area contributed by atoms with Crippen molar-refractivity contribution in [3.63, 3.8) is 0 Å². The van der Waals surface area contributed by atoms with Crippen molar-refractivity contribution >= 4 is 5.69 Å². The fraction of sp³-hybridized carbons (Fsp3) is 0.538. The average Bonchev–Trinajstić information content (AvgIpc) is 2.41. The molecule has 0 atom stereocenters. The lowest BCUT2D eigenvalue weighted by Gasteiger charge is -2.30. The van der Waals surface area contributed by atoms with Crippen LogP contribution in [0.3, 0.4) is 0 Å². The Hall–Kier alpha value is -1.26. The van der Waals surface area contributed by atoms with Gasteiger partial charge in [0, 0.05) is 13.1 Å². The zero-order valence-corrected chi connectivity index (χ0v) is 10.1. The van der Waals surface area contributed by atoms with E-state index in [4.69, 9.17) is 15.2 Å². The van der Waals surface area contributed by atoms with E-state index in [1.807, 2.05) is 18.2 Å². The predicted molar refractivity (Wildman–Crippen MR) is 68.6 cm³/mol. The summed E-state index contributed by atoms with van der Waals surface area (Å²) in [5.74, 6) is 0.947. The van der Waals surface area contributed by atoms with Crippen LogP contribution in [0.1, 0.15) is 6.42 Å². The molecule has 94 valence electrons. The molecule has 1 fully saturated rings. The standard InChI is InChI=1S/C13H20N2O2/c14-6-3-9-17-13-5-2-1-4-12(13)15-7-10-16-11-8-15/h1-2,4-5H,3,6-11,14H2. The molecule has 1 aromatic carbocycles. The third-order valence-electron chi connectivity index (χ3n) is 2.82. The van der Waals surface area contributed by atoms with Gasteiger partial charge in [0.2, 0.25) is 0 Å². The van der Waals surface area contributed by atoms with Crippen LogP contribution in [0.4, 0.5) is 5.69 Å². The van der Waals surface area contributed by atoms with Crippen molar-refractivity contribution in [1.29, 1.82) is 0 Å². The van der Waals surface area contributed by atoms with Crippen LogP contribution in [0.5, 0.6) is 5.75 Å². The van der Waals surface area contributed by atoms with Crippen LogP contribution in [0.25, 0.3) is 0 Å². The van der Waals surface area contributed by atoms with E-state index in [0.717, 1.165) is 44.2 Å². The molecule has 0 aromatic heterocycles. The van der Waals surface area contributed by atoms with E-state index in [1.54, 1.807) is 0 Å². The topological polar surface area (TPSA) is 47.7 Å². The van der Waals surface area contributed by atoms with Crippen LogP contribution in [0.2, 0.25) is 0 Å². The van der Waals surface area contributed by atoms with Gasteiger partial charge < -0.3 is 20.1 Å². The molecule has 4 heteroatoms. The zero-order chi connectivity index (χ0) is 11.9. The molecular weight excluding hydrogens is 216 g/mol. The average molecular weight is 236 g/mol. The smallest absolute Gasteiger partial charge is 0.142 e. The Bertz CT molecular complexity index is 338. The molecule has 17 heavy (non-hydrogen) atoms. The van der Waals surface area contributed by atoms with Gasteiger partial charge in [-0.05, 0) is 25.1 Å². The highest BCUT2D eigenvalue weighted by Crippen LogP contribution is 2.28. The Balaban J connectivity index is 2.03. The van der Waals surface area contributed by atoms with Gasteiger partial charge in [0.05, 0.1) is 25.5 Å². The van der Waals surface area contributed by atoms with Gasteiger partial charge in [-0.1, -0.05) is 12.1 Å². The maximum atomic E-state index is 5.77. The molecule has 0 saturated carbocycles. The van der Waals surface area contributed by atoms with Crippen molar-refractivity contribution < 1.29 is 9.47 Å². The number of morpholine rings is 1. The fourth-order valence-corrected chi connectivity index (χ4v) is 1.91. The monoisotopic (exact) mass is 236 g/mol. The number of anilines is 1. The summed E-state index contributed by atoms with van der Waals surface area (Å²) in [6.07, 6.45) is 0.886. The van der Waals surface area contributed by atoms with Gasteiger partial charge in [-0.25, -0.2) is 0 Å². The van der Waals surface area contributed by atoms with Gasteiger partial charge in [-0.3, -0.25) is 0 Å². The lowest BCUT2D eigenvalue weighted by Crippen LogP contribution is -2.36. The lowest BCUT2D eigenvalue weighted by molar-refractivity contribution is 0.122. The summed E-state index contributed by atoms with van der Waals surface area (Å²) in [6.45, 7) is 4.78. The molecule has 0 unspecified atom stereocenters. The van der Waals surface area contributed by atoms with Gasteiger partial charge in [-0.2, -0.15) is 0 Å². The minimum absolute atomic E-state index is 0.666. The van der Waals surface area contributed by atoms with Crippen molar-refractivity contribution in [2.24, 2.45) is 5.73 Å². The molecule has 4 nitrogen and oxygen atoms in total. The minimum Gasteiger partial charge on any atom is -0.491 e. The number of nitrogens with two attached hydrogens (primary N) is 1. The molecule has 1 saturated heterocycles. The highest BCUT2D eigenvalue weighted by atomic mass is 16.5. The van der Waals surface area contributed by atoms with E-state index in [0.29, 0.717) is 13.2 Å². The molecule has 1 heterocycles. The first kappa shape index (κ1) is 12.2. The van der Waals surface area contributed by atoms with Crippen LogP contribution >= 0.6 is 0 Å². The molecule has 1 aliphatic heterocycles. The van der Waals surface area contributed by atoms with Crippen LogP contribution in [-0.2, 0) is 4.74 Å². The summed E-state index contributed by atoms with van der Waals surface area (Å²) in [6, 6.07) is 8.16. The number of para-hydroxylation sites is 2. The summed E-state index contributed by atoms with van der Waals surface area (Å²) in [5, 5.41) is 0. The Kier molecular flexibility index (Phi) is 4.64. The van der Waals surface area contributed by atoms with Crippen LogP contribution < -0.4 is 15.4 Å². The molecule has 0 bridgehead atoms. The molecule has 1 aliphatic rings. The fourth-order valence-electron chi connectivity index (χ4n) is 1.91. The number of hydrogen-bond acceptors (Lipinski definition) is 4. The highest BCUT2D eigenvalue weighted by molar-refractivity contribution is 5.58. The number of ether oxygens (including phenoxy) is 2. The second kappa shape index (κ2) is 6.47. The van der Waals surface area contributed by atoms with Gasteiger partial charge in [0.15, 0.2) is 0 Å². The Morgan fingerprint density at radius 1 is 1.24 bits per heavy atom. The predicted octanol–water partition coefficient (Wildman–Crippen LogP) is 1.25. The van der Waals surface area contributed by atoms with E-state index >= 15 is 0 Å². The van der Waals surface area contributed by atoms with E-state index in [9.17, 15) is 0 Å². The van der Waals surface area contributed by atoms with Crippen LogP contribution in [0.15, 0.2) is 24.3 Å². The number of hydrogen-bond donors (Lipinski definition) is 1. The Morgan fingerprint density at radius 3 is 2.76 bits per heavy atom. The molecular formula is C13H20N2O2. The van der Waals surface area contributed by atoms with Crippen LogP contribution in [0, 0.1) is 0 Å². The molecule has 2 rings (SSSR count). The lowest BCUT2D eigenvalue weighted by atomic mass is 10.2. The molecule has 0 amide bonds. The maximum Gasteiger partial charge on any atom is 0.142 e. The largest absolute Gasteiger partial charge is 0.491 e. The SMILES string of the molecule is NCCCOc1ccccc1N1CCOCC1. The minimum atomic E-state index is 0.666. The molecule has 0 radical (unpaired) electrons. The second-order valence-electron chi connectivity index (χ2n) is 4.06. The van der Waals surface area contributed by atoms with Crippen molar-refractivity contribution in [3.8, 4) is 5.75 Å². The summed E-state index contributed by atoms with van der Waals surface area (Å²) in [7, 11) is 0. The van der Waals surface area contributed by atoms with Gasteiger partial charge in [-0.15, -0.1) is 0 Å². The summed E-state index contributed by atoms with van der Waals surface area (Å²) in [4.78, 5) is 2.31. The van der Waals surface area contributed by atoms with Crippen molar-refractivity contribution in [1.82, 2.24) is 0 Å².